The van der Waals surface area contributed by atoms with Gasteiger partial charge < -0.3 is 77.7 Å². The van der Waals surface area contributed by atoms with Crippen LogP contribution in [0.4, 0.5) is 0 Å². The molecule has 0 radical (unpaired) electrons. The van der Waals surface area contributed by atoms with Crippen LogP contribution in [-0.2, 0) is 66.5 Å². The summed E-state index contributed by atoms with van der Waals surface area (Å²) in [5.74, 6) is -2.31. The molecule has 2 amide bonds. The lowest BCUT2D eigenvalue weighted by atomic mass is 10.1. The standard InChI is InChI=1S/C46H79N5O18/c47-51-49-16-19-59-21-23-61-25-27-63-29-31-65-33-35-67-37-39-68-38-36-66-34-32-64-30-28-62-26-24-60-22-20-58-18-15-48-43(52)14-13-42(46(56)57)50-45(55)40-9-11-41(12-10-40)69-17-7-5-3-1-2-4-6-8-44(53)54/h9-12,42H,1-8,13-39H2,(H,48,52)(H,50,55)(H,53,54)(H,56,57)/t42-/m0/s1. The second-order valence-corrected chi connectivity index (χ2v) is 14.9. The van der Waals surface area contributed by atoms with Gasteiger partial charge in [-0.25, -0.2) is 4.79 Å². The Kier molecular flexibility index (Phi) is 44.4. The van der Waals surface area contributed by atoms with Gasteiger partial charge in [0.05, 0.1) is 152 Å². The third-order valence-electron chi connectivity index (χ3n) is 9.37. The van der Waals surface area contributed by atoms with Crippen LogP contribution >= 0.6 is 0 Å². The molecule has 0 aromatic heterocycles. The van der Waals surface area contributed by atoms with Gasteiger partial charge in [-0.1, -0.05) is 37.2 Å². The van der Waals surface area contributed by atoms with Crippen LogP contribution in [0.2, 0.25) is 0 Å². The molecule has 1 aromatic carbocycles. The van der Waals surface area contributed by atoms with E-state index in [1.54, 1.807) is 24.3 Å². The Morgan fingerprint density at radius 1 is 0.507 bits per heavy atom. The fourth-order valence-electron chi connectivity index (χ4n) is 5.73. The second-order valence-electron chi connectivity index (χ2n) is 14.9. The summed E-state index contributed by atoms with van der Waals surface area (Å²) in [7, 11) is 0. The first-order valence-electron chi connectivity index (χ1n) is 23.9. The van der Waals surface area contributed by atoms with Crippen molar-refractivity contribution in [2.75, 3.05) is 165 Å². The molecule has 4 N–H and O–H groups in total. The molecule has 1 aromatic rings. The molecule has 0 unspecified atom stereocenters. The molecule has 1 atom stereocenters. The van der Waals surface area contributed by atoms with E-state index in [-0.39, 0.29) is 43.9 Å². The zero-order valence-corrected chi connectivity index (χ0v) is 40.4. The summed E-state index contributed by atoms with van der Waals surface area (Å²) < 4.78 is 65.6. The van der Waals surface area contributed by atoms with E-state index >= 15 is 0 Å². The number of aliphatic carboxylic acids is 2. The highest BCUT2D eigenvalue weighted by Gasteiger charge is 2.22. The minimum Gasteiger partial charge on any atom is -0.494 e. The Bertz CT molecular complexity index is 1440. The van der Waals surface area contributed by atoms with E-state index in [0.717, 1.165) is 38.5 Å². The van der Waals surface area contributed by atoms with Crippen molar-refractivity contribution in [1.82, 2.24) is 10.6 Å². The zero-order valence-electron chi connectivity index (χ0n) is 40.4. The molecule has 0 fully saturated rings. The Morgan fingerprint density at radius 2 is 0.899 bits per heavy atom. The first kappa shape index (κ1) is 62.8. The van der Waals surface area contributed by atoms with Gasteiger partial charge in [-0.15, -0.1) is 0 Å². The number of hydrogen-bond acceptors (Lipinski definition) is 17. The predicted molar refractivity (Wildman–Crippen MR) is 251 cm³/mol. The van der Waals surface area contributed by atoms with Gasteiger partial charge >= 0.3 is 11.9 Å². The molecular weight excluding hydrogens is 911 g/mol. The van der Waals surface area contributed by atoms with E-state index < -0.39 is 23.9 Å². The van der Waals surface area contributed by atoms with Gasteiger partial charge in [-0.2, -0.15) is 0 Å². The van der Waals surface area contributed by atoms with E-state index in [9.17, 15) is 24.3 Å². The Morgan fingerprint density at radius 3 is 1.30 bits per heavy atom. The molecule has 0 aliphatic heterocycles. The van der Waals surface area contributed by atoms with E-state index in [4.69, 9.17) is 67.5 Å². The number of carboxylic acids is 2. The summed E-state index contributed by atoms with van der Waals surface area (Å²) in [6, 6.07) is 5.19. The Labute approximate surface area is 406 Å². The van der Waals surface area contributed by atoms with Crippen molar-refractivity contribution in [2.24, 2.45) is 5.11 Å². The monoisotopic (exact) mass is 990 g/mol. The fourth-order valence-corrected chi connectivity index (χ4v) is 5.73. The molecule has 0 aliphatic carbocycles. The highest BCUT2D eigenvalue weighted by atomic mass is 16.6. The summed E-state index contributed by atoms with van der Waals surface area (Å²) in [4.78, 5) is 50.0. The molecule has 0 spiro atoms. The van der Waals surface area contributed by atoms with E-state index in [1.807, 2.05) is 0 Å². The average Bonchev–Trinajstić information content (AvgIpc) is 3.34. The number of hydrogen-bond donors (Lipinski definition) is 4. The topological polar surface area (TPSA) is 292 Å². The van der Waals surface area contributed by atoms with E-state index in [2.05, 4.69) is 20.7 Å². The van der Waals surface area contributed by atoms with Gasteiger partial charge in [-0.05, 0) is 49.1 Å². The van der Waals surface area contributed by atoms with Crippen LogP contribution in [0.3, 0.4) is 0 Å². The maximum Gasteiger partial charge on any atom is 0.326 e. The average molecular weight is 990 g/mol. The fraction of sp³-hybridized carbons (Fsp3) is 0.783. The summed E-state index contributed by atoms with van der Waals surface area (Å²) in [6.45, 7) is 10.4. The smallest absolute Gasteiger partial charge is 0.326 e. The van der Waals surface area contributed by atoms with Crippen molar-refractivity contribution in [3.63, 3.8) is 0 Å². The summed E-state index contributed by atoms with van der Waals surface area (Å²) in [5.41, 5.74) is 8.44. The number of unbranched alkanes of at least 4 members (excludes halogenated alkanes) is 6. The molecular formula is C46H79N5O18. The number of nitrogens with one attached hydrogen (secondary N) is 2. The maximum absolute atomic E-state index is 12.7. The molecule has 69 heavy (non-hydrogen) atoms. The number of ether oxygens (including phenoxy) is 12. The van der Waals surface area contributed by atoms with Gasteiger partial charge in [0.2, 0.25) is 5.91 Å². The molecule has 0 bridgehead atoms. The quantitative estimate of drug-likeness (QED) is 0.0312. The molecule has 23 heteroatoms. The molecule has 0 saturated carbocycles. The Balaban J connectivity index is 1.85. The number of carbonyl (C=O) groups is 4. The summed E-state index contributed by atoms with van der Waals surface area (Å²) in [5, 5.41) is 26.8. The number of amides is 2. The van der Waals surface area contributed by atoms with Crippen LogP contribution in [0.25, 0.3) is 10.4 Å². The summed E-state index contributed by atoms with van der Waals surface area (Å²) in [6.07, 6.45) is 6.72. The SMILES string of the molecule is [N-]=[N+]=NCCOCCOCCOCCOCCOCCOCCOCCOCCOCCOCCOCCNC(=O)CC[C@H](NC(=O)c1ccc(OCCCCCCCCCC(=O)O)cc1)C(=O)O. The number of carbonyl (C=O) groups excluding carboxylic acids is 2. The largest absolute Gasteiger partial charge is 0.494 e. The van der Waals surface area contributed by atoms with Crippen molar-refractivity contribution in [3.05, 3.63) is 40.3 Å². The minimum atomic E-state index is -1.24. The first-order chi connectivity index (χ1) is 33.8. The van der Waals surface area contributed by atoms with Crippen LogP contribution < -0.4 is 15.4 Å². The Hall–Kier alpha value is -4.23. The minimum absolute atomic E-state index is 0.0813. The van der Waals surface area contributed by atoms with Gasteiger partial charge in [0.1, 0.15) is 11.8 Å². The third kappa shape index (κ3) is 43.5. The van der Waals surface area contributed by atoms with Crippen molar-refractivity contribution < 1.29 is 86.2 Å². The lowest BCUT2D eigenvalue weighted by Gasteiger charge is -2.15. The highest BCUT2D eigenvalue weighted by Crippen LogP contribution is 2.14. The maximum atomic E-state index is 12.7. The molecule has 1 rings (SSSR count). The summed E-state index contributed by atoms with van der Waals surface area (Å²) >= 11 is 0. The molecule has 0 heterocycles. The molecule has 396 valence electrons. The van der Waals surface area contributed by atoms with Crippen LogP contribution in [0.5, 0.6) is 5.75 Å². The first-order valence-corrected chi connectivity index (χ1v) is 23.9. The predicted octanol–water partition coefficient (Wildman–Crippen LogP) is 3.84. The lowest BCUT2D eigenvalue weighted by molar-refractivity contribution is -0.139. The zero-order chi connectivity index (χ0) is 49.9. The van der Waals surface area contributed by atoms with Gasteiger partial charge in [-0.3, -0.25) is 14.4 Å². The number of carboxylic acid groups (broad SMARTS) is 2. The van der Waals surface area contributed by atoms with Crippen molar-refractivity contribution in [2.45, 2.75) is 70.3 Å². The van der Waals surface area contributed by atoms with Crippen LogP contribution in [-0.4, -0.2) is 205 Å². The normalized spacial score (nSPS) is 11.5. The van der Waals surface area contributed by atoms with Crippen LogP contribution in [0.1, 0.15) is 74.6 Å². The number of nitrogens with zero attached hydrogens (tertiary/aromatic N) is 3. The van der Waals surface area contributed by atoms with Gasteiger partial charge in [0, 0.05) is 36.4 Å². The lowest BCUT2D eigenvalue weighted by Crippen LogP contribution is -2.41. The van der Waals surface area contributed by atoms with Crippen LogP contribution in [0.15, 0.2) is 29.4 Å². The number of benzene rings is 1. The number of rotatable bonds is 53. The second kappa shape index (κ2) is 48.8. The van der Waals surface area contributed by atoms with Crippen molar-refractivity contribution >= 4 is 23.8 Å². The highest BCUT2D eigenvalue weighted by molar-refractivity contribution is 5.96. The van der Waals surface area contributed by atoms with Crippen molar-refractivity contribution in [1.29, 1.82) is 0 Å². The molecule has 0 aliphatic rings. The number of azide groups is 1. The van der Waals surface area contributed by atoms with Crippen LogP contribution in [0, 0.1) is 0 Å². The molecule has 23 nitrogen and oxygen atoms in total. The third-order valence-corrected chi connectivity index (χ3v) is 9.37. The van der Waals surface area contributed by atoms with E-state index in [0.29, 0.717) is 164 Å². The van der Waals surface area contributed by atoms with Gasteiger partial charge in [0.25, 0.3) is 5.91 Å². The van der Waals surface area contributed by atoms with Crippen molar-refractivity contribution in [3.8, 4) is 5.75 Å². The van der Waals surface area contributed by atoms with E-state index in [1.165, 1.54) is 0 Å². The molecule has 0 saturated heterocycles. The van der Waals surface area contributed by atoms with Gasteiger partial charge in [0.15, 0.2) is 0 Å².